The summed E-state index contributed by atoms with van der Waals surface area (Å²) >= 11 is 1.36. The molecule has 0 aliphatic rings. The number of hydrogen-bond acceptors (Lipinski definition) is 6. The van der Waals surface area contributed by atoms with Gasteiger partial charge in [-0.3, -0.25) is 9.59 Å². The quantitative estimate of drug-likeness (QED) is 0.661. The van der Waals surface area contributed by atoms with E-state index in [1.165, 1.54) is 17.7 Å². The first-order chi connectivity index (χ1) is 12.2. The van der Waals surface area contributed by atoms with Crippen LogP contribution in [0.25, 0.3) is 5.82 Å². The van der Waals surface area contributed by atoms with Gasteiger partial charge in [-0.2, -0.15) is 5.10 Å². The van der Waals surface area contributed by atoms with E-state index in [-0.39, 0.29) is 24.8 Å². The van der Waals surface area contributed by atoms with Crippen molar-refractivity contribution >= 4 is 23.2 Å². The zero-order valence-corrected chi connectivity index (χ0v) is 14.1. The number of thiophene rings is 1. The molecule has 3 aromatic rings. The zero-order valence-electron chi connectivity index (χ0n) is 13.3. The Bertz CT molecular complexity index is 832. The highest BCUT2D eigenvalue weighted by Gasteiger charge is 2.09. The minimum absolute atomic E-state index is 0.153. The third-order valence-corrected chi connectivity index (χ3v) is 4.23. The predicted octanol–water partition coefficient (Wildman–Crippen LogP) is 1.16. The lowest BCUT2D eigenvalue weighted by Gasteiger charge is -2.09. The largest absolute Gasteiger partial charge is 0.352 e. The van der Waals surface area contributed by atoms with Crippen LogP contribution in [0.5, 0.6) is 0 Å². The van der Waals surface area contributed by atoms with E-state index in [2.05, 4.69) is 25.7 Å². The van der Waals surface area contributed by atoms with E-state index in [1.807, 2.05) is 17.5 Å². The molecule has 2 N–H and O–H groups in total. The number of pyridine rings is 1. The van der Waals surface area contributed by atoms with Gasteiger partial charge in [0.05, 0.1) is 4.88 Å². The topological polar surface area (TPSA) is 102 Å². The number of aromatic nitrogens is 4. The van der Waals surface area contributed by atoms with Crippen LogP contribution in [-0.4, -0.2) is 38.1 Å². The van der Waals surface area contributed by atoms with E-state index < -0.39 is 0 Å². The van der Waals surface area contributed by atoms with Gasteiger partial charge in [-0.1, -0.05) is 12.1 Å². The summed E-state index contributed by atoms with van der Waals surface area (Å²) in [6.07, 6.45) is 4.83. The SMILES string of the molecule is O=C(CCNC(=O)c1cccs1)NCc1cccnc1-n1cncn1. The van der Waals surface area contributed by atoms with E-state index in [4.69, 9.17) is 0 Å². The van der Waals surface area contributed by atoms with E-state index in [9.17, 15) is 9.59 Å². The molecular formula is C16H16N6O2S. The molecule has 0 fully saturated rings. The first-order valence-corrected chi connectivity index (χ1v) is 8.49. The lowest BCUT2D eigenvalue weighted by atomic mass is 10.2. The Labute approximate surface area is 147 Å². The molecule has 0 aromatic carbocycles. The normalized spacial score (nSPS) is 10.4. The molecule has 0 saturated heterocycles. The van der Waals surface area contributed by atoms with Crippen molar-refractivity contribution in [1.82, 2.24) is 30.4 Å². The standard InChI is InChI=1S/C16H16N6O2S/c23-14(5-7-19-16(24)13-4-2-8-25-13)20-9-12-3-1-6-18-15(12)22-11-17-10-21-22/h1-4,6,8,10-11H,5,7,9H2,(H,19,24)(H,20,23). The summed E-state index contributed by atoms with van der Waals surface area (Å²) in [6, 6.07) is 7.22. The Morgan fingerprint density at radius 1 is 1.20 bits per heavy atom. The van der Waals surface area contributed by atoms with Crippen molar-refractivity contribution < 1.29 is 9.59 Å². The molecule has 3 heterocycles. The number of carbonyl (C=O) groups excluding carboxylic acids is 2. The molecule has 3 rings (SSSR count). The highest BCUT2D eigenvalue weighted by atomic mass is 32.1. The van der Waals surface area contributed by atoms with Crippen LogP contribution in [-0.2, 0) is 11.3 Å². The molecule has 0 spiro atoms. The third kappa shape index (κ3) is 4.48. The third-order valence-electron chi connectivity index (χ3n) is 3.36. The van der Waals surface area contributed by atoms with Crippen molar-refractivity contribution in [2.75, 3.05) is 6.54 Å². The van der Waals surface area contributed by atoms with E-state index in [0.717, 1.165) is 5.56 Å². The summed E-state index contributed by atoms with van der Waals surface area (Å²) in [5.74, 6) is 0.301. The summed E-state index contributed by atoms with van der Waals surface area (Å²) in [4.78, 5) is 32.6. The fourth-order valence-corrected chi connectivity index (χ4v) is 2.80. The van der Waals surface area contributed by atoms with Crippen LogP contribution in [0.2, 0.25) is 0 Å². The maximum atomic E-state index is 12.0. The number of hydrogen-bond donors (Lipinski definition) is 2. The number of carbonyl (C=O) groups is 2. The molecule has 0 aliphatic carbocycles. The van der Waals surface area contributed by atoms with Gasteiger partial charge in [0.1, 0.15) is 12.7 Å². The van der Waals surface area contributed by atoms with Gasteiger partial charge < -0.3 is 10.6 Å². The monoisotopic (exact) mass is 356 g/mol. The molecular weight excluding hydrogens is 340 g/mol. The Morgan fingerprint density at radius 2 is 2.12 bits per heavy atom. The molecule has 0 bridgehead atoms. The van der Waals surface area contributed by atoms with Crippen LogP contribution in [0, 0.1) is 0 Å². The number of nitrogens with one attached hydrogen (secondary N) is 2. The molecule has 0 aliphatic heterocycles. The Morgan fingerprint density at radius 3 is 2.88 bits per heavy atom. The average Bonchev–Trinajstić information content (AvgIpc) is 3.33. The van der Waals surface area contributed by atoms with Crippen molar-refractivity contribution in [2.45, 2.75) is 13.0 Å². The first-order valence-electron chi connectivity index (χ1n) is 7.61. The second kappa shape index (κ2) is 8.15. The van der Waals surface area contributed by atoms with Crippen LogP contribution in [0.4, 0.5) is 0 Å². The maximum Gasteiger partial charge on any atom is 0.261 e. The highest BCUT2D eigenvalue weighted by molar-refractivity contribution is 7.12. The van der Waals surface area contributed by atoms with Gasteiger partial charge in [0, 0.05) is 31.3 Å². The molecule has 8 nitrogen and oxygen atoms in total. The number of nitrogens with zero attached hydrogens (tertiary/aromatic N) is 4. The Kier molecular flexibility index (Phi) is 5.47. The molecule has 128 valence electrons. The first kappa shape index (κ1) is 16.8. The number of amides is 2. The van der Waals surface area contributed by atoms with Crippen LogP contribution < -0.4 is 10.6 Å². The van der Waals surface area contributed by atoms with E-state index in [0.29, 0.717) is 17.2 Å². The van der Waals surface area contributed by atoms with Crippen molar-refractivity contribution in [2.24, 2.45) is 0 Å². The van der Waals surface area contributed by atoms with Crippen LogP contribution in [0.1, 0.15) is 21.7 Å². The van der Waals surface area contributed by atoms with Gasteiger partial charge in [0.2, 0.25) is 5.91 Å². The van der Waals surface area contributed by atoms with Crippen LogP contribution >= 0.6 is 11.3 Å². The fraction of sp³-hybridized carbons (Fsp3) is 0.188. The van der Waals surface area contributed by atoms with E-state index in [1.54, 1.807) is 29.3 Å². The highest BCUT2D eigenvalue weighted by Crippen LogP contribution is 2.09. The molecule has 25 heavy (non-hydrogen) atoms. The summed E-state index contributed by atoms with van der Waals surface area (Å²) in [7, 11) is 0. The Hall–Kier alpha value is -3.07. The lowest BCUT2D eigenvalue weighted by molar-refractivity contribution is -0.121. The number of rotatable bonds is 7. The lowest BCUT2D eigenvalue weighted by Crippen LogP contribution is -2.30. The van der Waals surface area contributed by atoms with Crippen LogP contribution in [0.3, 0.4) is 0 Å². The molecule has 3 aromatic heterocycles. The predicted molar refractivity (Wildman–Crippen MR) is 92.3 cm³/mol. The van der Waals surface area contributed by atoms with Crippen molar-refractivity contribution in [3.63, 3.8) is 0 Å². The van der Waals surface area contributed by atoms with Gasteiger partial charge in [-0.05, 0) is 17.5 Å². The van der Waals surface area contributed by atoms with Crippen molar-refractivity contribution in [3.8, 4) is 5.82 Å². The summed E-state index contributed by atoms with van der Waals surface area (Å²) in [6.45, 7) is 0.603. The van der Waals surface area contributed by atoms with Crippen molar-refractivity contribution in [3.05, 3.63) is 58.9 Å². The Balaban J connectivity index is 1.47. The average molecular weight is 356 g/mol. The molecule has 0 unspecified atom stereocenters. The van der Waals surface area contributed by atoms with Gasteiger partial charge >= 0.3 is 0 Å². The van der Waals surface area contributed by atoms with Crippen molar-refractivity contribution in [1.29, 1.82) is 0 Å². The molecule has 2 amide bonds. The second-order valence-electron chi connectivity index (χ2n) is 5.09. The molecule has 0 radical (unpaired) electrons. The molecule has 0 atom stereocenters. The molecule has 9 heteroatoms. The summed E-state index contributed by atoms with van der Waals surface area (Å²) < 4.78 is 1.54. The minimum atomic E-state index is -0.163. The minimum Gasteiger partial charge on any atom is -0.352 e. The second-order valence-corrected chi connectivity index (χ2v) is 6.03. The van der Waals surface area contributed by atoms with Crippen LogP contribution in [0.15, 0.2) is 48.5 Å². The van der Waals surface area contributed by atoms with Gasteiger partial charge in [-0.25, -0.2) is 14.6 Å². The summed E-state index contributed by atoms with van der Waals surface area (Å²) in [5.41, 5.74) is 0.823. The van der Waals surface area contributed by atoms with Gasteiger partial charge in [0.15, 0.2) is 5.82 Å². The van der Waals surface area contributed by atoms with Gasteiger partial charge in [0.25, 0.3) is 5.91 Å². The smallest absolute Gasteiger partial charge is 0.261 e. The zero-order chi connectivity index (χ0) is 17.5. The van der Waals surface area contributed by atoms with E-state index >= 15 is 0 Å². The fourth-order valence-electron chi connectivity index (χ4n) is 2.16. The maximum absolute atomic E-state index is 12.0. The van der Waals surface area contributed by atoms with Gasteiger partial charge in [-0.15, -0.1) is 11.3 Å². The molecule has 0 saturated carbocycles. The summed E-state index contributed by atoms with van der Waals surface area (Å²) in [5, 5.41) is 11.4.